The minimum absolute atomic E-state index is 0.278. The molecule has 2 unspecified atom stereocenters. The lowest BCUT2D eigenvalue weighted by molar-refractivity contribution is 0.936. The van der Waals surface area contributed by atoms with E-state index in [4.69, 9.17) is 5.73 Å². The van der Waals surface area contributed by atoms with E-state index in [1.807, 2.05) is 12.3 Å². The summed E-state index contributed by atoms with van der Waals surface area (Å²) in [4.78, 5) is 4.27. The van der Waals surface area contributed by atoms with E-state index >= 15 is 0 Å². The molecule has 5 heteroatoms. The smallest absolute Gasteiger partial charge is 0.152 e. The van der Waals surface area contributed by atoms with E-state index < -0.39 is 0 Å². The summed E-state index contributed by atoms with van der Waals surface area (Å²) in [5.41, 5.74) is 6.71. The van der Waals surface area contributed by atoms with Crippen molar-refractivity contribution in [2.24, 2.45) is 5.73 Å². The van der Waals surface area contributed by atoms with E-state index in [-0.39, 0.29) is 6.04 Å². The van der Waals surface area contributed by atoms with Crippen LogP contribution in [0.3, 0.4) is 0 Å². The number of aromatic nitrogens is 3. The van der Waals surface area contributed by atoms with Crippen molar-refractivity contribution in [1.82, 2.24) is 14.6 Å². The van der Waals surface area contributed by atoms with Crippen molar-refractivity contribution >= 4 is 11.3 Å². The lowest BCUT2D eigenvalue weighted by atomic mass is 10.4. The van der Waals surface area contributed by atoms with Crippen molar-refractivity contribution in [2.45, 2.75) is 18.5 Å². The van der Waals surface area contributed by atoms with Crippen LogP contribution in [0, 0.1) is 0 Å². The number of nitrogens with one attached hydrogen (secondary N) is 1. The monoisotopic (exact) mass is 189 g/mol. The lowest BCUT2D eigenvalue weighted by Crippen LogP contribution is -2.14. The first-order valence-corrected chi connectivity index (χ1v) is 4.65. The fourth-order valence-corrected chi connectivity index (χ4v) is 1.53. The Labute approximate surface area is 80.9 Å². The molecule has 1 fully saturated rings. The minimum atomic E-state index is 0.278. The largest absolute Gasteiger partial charge is 0.364 e. The molecular formula is C9H11N5. The van der Waals surface area contributed by atoms with Crippen molar-refractivity contribution < 1.29 is 0 Å². The number of nitrogens with zero attached hydrogens (tertiary/aromatic N) is 3. The maximum atomic E-state index is 5.72. The molecule has 2 heterocycles. The van der Waals surface area contributed by atoms with Crippen molar-refractivity contribution in [3.8, 4) is 0 Å². The molecule has 0 aromatic carbocycles. The molecule has 0 spiro atoms. The number of rotatable bonds is 2. The second-order valence-electron chi connectivity index (χ2n) is 3.59. The highest BCUT2D eigenvalue weighted by Crippen LogP contribution is 2.24. The third-order valence-corrected chi connectivity index (χ3v) is 2.49. The summed E-state index contributed by atoms with van der Waals surface area (Å²) in [6.45, 7) is 0. The molecule has 2 aromatic rings. The first kappa shape index (κ1) is 7.75. The second-order valence-corrected chi connectivity index (χ2v) is 3.59. The fourth-order valence-electron chi connectivity index (χ4n) is 1.53. The minimum Gasteiger partial charge on any atom is -0.364 e. The van der Waals surface area contributed by atoms with Crippen LogP contribution in [0.25, 0.3) is 5.52 Å². The summed E-state index contributed by atoms with van der Waals surface area (Å²) in [6.07, 6.45) is 6.34. The van der Waals surface area contributed by atoms with Gasteiger partial charge in [0.1, 0.15) is 5.52 Å². The van der Waals surface area contributed by atoms with Gasteiger partial charge in [0.05, 0.1) is 6.20 Å². The standard InChI is InChI=1S/C9H11N5/c10-6-5-7(6)13-9-8-1-2-12-14(8)4-3-11-9/h1-4,6-7H,5,10H2,(H,11,13). The molecule has 2 aromatic heterocycles. The number of hydrogen-bond acceptors (Lipinski definition) is 4. The molecule has 2 atom stereocenters. The summed E-state index contributed by atoms with van der Waals surface area (Å²) in [7, 11) is 0. The van der Waals surface area contributed by atoms with E-state index in [9.17, 15) is 0 Å². The third-order valence-electron chi connectivity index (χ3n) is 2.49. The average Bonchev–Trinajstić information content (AvgIpc) is 2.69. The van der Waals surface area contributed by atoms with E-state index in [0.717, 1.165) is 17.8 Å². The quantitative estimate of drug-likeness (QED) is 0.710. The maximum absolute atomic E-state index is 5.72. The molecule has 14 heavy (non-hydrogen) atoms. The van der Waals surface area contributed by atoms with Crippen LogP contribution in [0.15, 0.2) is 24.7 Å². The summed E-state index contributed by atoms with van der Waals surface area (Å²) < 4.78 is 1.79. The summed E-state index contributed by atoms with van der Waals surface area (Å²) in [5, 5.41) is 7.43. The van der Waals surface area contributed by atoms with Gasteiger partial charge in [0, 0.05) is 24.5 Å². The second kappa shape index (κ2) is 2.68. The maximum Gasteiger partial charge on any atom is 0.152 e. The zero-order valence-electron chi connectivity index (χ0n) is 7.59. The SMILES string of the molecule is NC1CC1Nc1nccn2nccc12. The Balaban J connectivity index is 1.98. The Hall–Kier alpha value is -1.62. The molecule has 3 N–H and O–H groups in total. The Bertz CT molecular complexity index is 463. The van der Waals surface area contributed by atoms with Crippen LogP contribution in [-0.2, 0) is 0 Å². The van der Waals surface area contributed by atoms with Crippen molar-refractivity contribution in [3.05, 3.63) is 24.7 Å². The van der Waals surface area contributed by atoms with Crippen LogP contribution in [0.5, 0.6) is 0 Å². The Morgan fingerprint density at radius 3 is 3.14 bits per heavy atom. The number of hydrogen-bond donors (Lipinski definition) is 2. The molecule has 0 saturated heterocycles. The van der Waals surface area contributed by atoms with Gasteiger partial charge in [-0.05, 0) is 12.5 Å². The summed E-state index contributed by atoms with van der Waals surface area (Å²) in [6, 6.07) is 2.59. The third kappa shape index (κ3) is 1.13. The first-order chi connectivity index (χ1) is 6.84. The molecule has 0 bridgehead atoms. The van der Waals surface area contributed by atoms with Gasteiger partial charge in [-0.15, -0.1) is 0 Å². The molecule has 1 saturated carbocycles. The molecule has 3 rings (SSSR count). The van der Waals surface area contributed by atoms with Crippen LogP contribution in [-0.4, -0.2) is 26.7 Å². The lowest BCUT2D eigenvalue weighted by Gasteiger charge is -2.04. The highest BCUT2D eigenvalue weighted by Gasteiger charge is 2.33. The van der Waals surface area contributed by atoms with Gasteiger partial charge in [-0.25, -0.2) is 9.50 Å². The molecular weight excluding hydrogens is 178 g/mol. The van der Waals surface area contributed by atoms with Gasteiger partial charge in [-0.1, -0.05) is 0 Å². The van der Waals surface area contributed by atoms with Crippen LogP contribution in [0.4, 0.5) is 5.82 Å². The molecule has 0 amide bonds. The van der Waals surface area contributed by atoms with E-state index in [0.29, 0.717) is 6.04 Å². The first-order valence-electron chi connectivity index (χ1n) is 4.65. The predicted molar refractivity (Wildman–Crippen MR) is 53.0 cm³/mol. The van der Waals surface area contributed by atoms with Crippen LogP contribution in [0.1, 0.15) is 6.42 Å². The molecule has 5 nitrogen and oxygen atoms in total. The fraction of sp³-hybridized carbons (Fsp3) is 0.333. The summed E-state index contributed by atoms with van der Waals surface area (Å²) in [5.74, 6) is 0.864. The molecule has 0 aliphatic heterocycles. The number of nitrogens with two attached hydrogens (primary N) is 1. The molecule has 0 radical (unpaired) electrons. The van der Waals surface area contributed by atoms with Gasteiger partial charge < -0.3 is 11.1 Å². The molecule has 72 valence electrons. The van der Waals surface area contributed by atoms with Crippen molar-refractivity contribution in [3.63, 3.8) is 0 Å². The Morgan fingerprint density at radius 2 is 2.36 bits per heavy atom. The zero-order valence-corrected chi connectivity index (χ0v) is 7.59. The molecule has 1 aliphatic carbocycles. The van der Waals surface area contributed by atoms with E-state index in [1.165, 1.54) is 0 Å². The number of anilines is 1. The van der Waals surface area contributed by atoms with Gasteiger partial charge >= 0.3 is 0 Å². The van der Waals surface area contributed by atoms with Crippen LogP contribution >= 0.6 is 0 Å². The summed E-state index contributed by atoms with van der Waals surface area (Å²) >= 11 is 0. The van der Waals surface area contributed by atoms with Gasteiger partial charge in [0.25, 0.3) is 0 Å². The van der Waals surface area contributed by atoms with Crippen molar-refractivity contribution in [2.75, 3.05) is 5.32 Å². The van der Waals surface area contributed by atoms with Gasteiger partial charge in [-0.3, -0.25) is 0 Å². The molecule has 1 aliphatic rings. The van der Waals surface area contributed by atoms with Gasteiger partial charge in [0.2, 0.25) is 0 Å². The van der Waals surface area contributed by atoms with E-state index in [2.05, 4.69) is 15.4 Å². The Morgan fingerprint density at radius 1 is 1.50 bits per heavy atom. The predicted octanol–water partition coefficient (Wildman–Crippen LogP) is 0.241. The highest BCUT2D eigenvalue weighted by molar-refractivity contribution is 5.67. The number of fused-ring (bicyclic) bond motifs is 1. The van der Waals surface area contributed by atoms with Gasteiger partial charge in [-0.2, -0.15) is 5.10 Å². The van der Waals surface area contributed by atoms with Gasteiger partial charge in [0.15, 0.2) is 5.82 Å². The Kier molecular flexibility index (Phi) is 1.49. The normalized spacial score (nSPS) is 25.2. The van der Waals surface area contributed by atoms with E-state index in [1.54, 1.807) is 16.9 Å². The zero-order chi connectivity index (χ0) is 9.54. The van der Waals surface area contributed by atoms with Crippen molar-refractivity contribution in [1.29, 1.82) is 0 Å². The van der Waals surface area contributed by atoms with Crippen LogP contribution < -0.4 is 11.1 Å². The highest BCUT2D eigenvalue weighted by atomic mass is 15.2. The van der Waals surface area contributed by atoms with Crippen LogP contribution in [0.2, 0.25) is 0 Å². The topological polar surface area (TPSA) is 68.2 Å². The average molecular weight is 189 g/mol.